The van der Waals surface area contributed by atoms with Gasteiger partial charge in [0.05, 0.1) is 31.5 Å². The highest BCUT2D eigenvalue weighted by Gasteiger charge is 2.27. The molecule has 6 heteroatoms. The molecule has 1 saturated heterocycles. The Kier molecular flexibility index (Phi) is 5.89. The second-order valence-corrected chi connectivity index (χ2v) is 6.87. The molecule has 130 valence electrons. The van der Waals surface area contributed by atoms with Gasteiger partial charge in [0, 0.05) is 30.9 Å². The van der Waals surface area contributed by atoms with Crippen molar-refractivity contribution in [3.05, 3.63) is 52.8 Å². The molecule has 1 aromatic carbocycles. The molecule has 0 bridgehead atoms. The van der Waals surface area contributed by atoms with E-state index in [1.54, 1.807) is 0 Å². The van der Waals surface area contributed by atoms with Gasteiger partial charge in [-0.05, 0) is 37.2 Å². The summed E-state index contributed by atoms with van der Waals surface area (Å²) in [6, 6.07) is 8.18. The minimum Gasteiger partial charge on any atom is -0.374 e. The van der Waals surface area contributed by atoms with Gasteiger partial charge in [-0.2, -0.15) is 5.10 Å². The fourth-order valence-corrected chi connectivity index (χ4v) is 3.20. The summed E-state index contributed by atoms with van der Waals surface area (Å²) in [5, 5.41) is 8.74. The largest absolute Gasteiger partial charge is 0.374 e. The van der Waals surface area contributed by atoms with Crippen LogP contribution in [-0.2, 0) is 11.3 Å². The van der Waals surface area contributed by atoms with Crippen molar-refractivity contribution in [3.63, 3.8) is 0 Å². The molecule has 0 aliphatic carbocycles. The van der Waals surface area contributed by atoms with E-state index in [1.807, 2.05) is 23.0 Å². The van der Waals surface area contributed by atoms with Crippen LogP contribution in [0.5, 0.6) is 0 Å². The van der Waals surface area contributed by atoms with Gasteiger partial charge in [-0.3, -0.25) is 4.68 Å². The minimum absolute atomic E-state index is 0.129. The van der Waals surface area contributed by atoms with E-state index in [0.717, 1.165) is 37.8 Å². The highest BCUT2D eigenvalue weighted by molar-refractivity contribution is 6.30. The fourth-order valence-electron chi connectivity index (χ4n) is 3.07. The molecule has 1 aliphatic rings. The molecular weight excluding hydrogens is 324 g/mol. The number of benzene rings is 1. The molecule has 1 aliphatic heterocycles. The van der Waals surface area contributed by atoms with Crippen LogP contribution in [0.3, 0.4) is 0 Å². The summed E-state index contributed by atoms with van der Waals surface area (Å²) in [6.07, 6.45) is 4.07. The Hall–Kier alpha value is -1.40. The number of rotatable bonds is 6. The molecule has 2 heterocycles. The predicted octanol–water partition coefficient (Wildman–Crippen LogP) is 2.51. The second-order valence-electron chi connectivity index (χ2n) is 6.44. The Morgan fingerprint density at radius 2 is 2.17 bits per heavy atom. The Bertz CT molecular complexity index is 643. The smallest absolute Gasteiger partial charge is 0.0896 e. The van der Waals surface area contributed by atoms with Crippen molar-refractivity contribution in [2.45, 2.75) is 25.6 Å². The van der Waals surface area contributed by atoms with Gasteiger partial charge in [-0.15, -0.1) is 0 Å². The summed E-state index contributed by atoms with van der Waals surface area (Å²) in [5.74, 6) is 0. The SMILES string of the molecule is Cc1cnn(CCN[C@H](c2ccc(Cl)cc2)[C@H]2CN(C)CCO2)c1. The molecule has 5 nitrogen and oxygen atoms in total. The summed E-state index contributed by atoms with van der Waals surface area (Å²) in [5.41, 5.74) is 2.39. The van der Waals surface area contributed by atoms with Gasteiger partial charge >= 0.3 is 0 Å². The third-order valence-electron chi connectivity index (χ3n) is 4.36. The molecule has 3 rings (SSSR count). The zero-order chi connectivity index (χ0) is 16.9. The standard InChI is InChI=1S/C18H25ClN4O/c1-14-11-21-23(12-14)8-7-20-18(15-3-5-16(19)6-4-15)17-13-22(2)9-10-24-17/h3-6,11-12,17-18,20H,7-10,13H2,1-2H3/t17-,18-/m1/s1. The minimum atomic E-state index is 0.129. The van der Waals surface area contributed by atoms with E-state index in [0.29, 0.717) is 0 Å². The number of halogens is 1. The lowest BCUT2D eigenvalue weighted by Crippen LogP contribution is -2.47. The van der Waals surface area contributed by atoms with E-state index in [1.165, 1.54) is 11.1 Å². The van der Waals surface area contributed by atoms with Crippen LogP contribution in [-0.4, -0.2) is 54.1 Å². The zero-order valence-corrected chi connectivity index (χ0v) is 15.0. The lowest BCUT2D eigenvalue weighted by Gasteiger charge is -2.36. The highest BCUT2D eigenvalue weighted by atomic mass is 35.5. The summed E-state index contributed by atoms with van der Waals surface area (Å²) < 4.78 is 8.01. The molecule has 0 saturated carbocycles. The van der Waals surface area contributed by atoms with Crippen molar-refractivity contribution in [3.8, 4) is 0 Å². The Morgan fingerprint density at radius 3 is 2.83 bits per heavy atom. The first-order chi connectivity index (χ1) is 11.6. The number of nitrogens with zero attached hydrogens (tertiary/aromatic N) is 3. The Balaban J connectivity index is 1.67. The third-order valence-corrected chi connectivity index (χ3v) is 4.62. The molecule has 0 radical (unpaired) electrons. The number of morpholine rings is 1. The zero-order valence-electron chi connectivity index (χ0n) is 14.3. The molecule has 0 spiro atoms. The molecular formula is C18H25ClN4O. The monoisotopic (exact) mass is 348 g/mol. The first-order valence-electron chi connectivity index (χ1n) is 8.40. The van der Waals surface area contributed by atoms with Gasteiger partial charge < -0.3 is 15.0 Å². The predicted molar refractivity (Wildman–Crippen MR) is 96.4 cm³/mol. The number of hydrogen-bond acceptors (Lipinski definition) is 4. The number of nitrogens with one attached hydrogen (secondary N) is 1. The van der Waals surface area contributed by atoms with Crippen LogP contribution in [0.25, 0.3) is 0 Å². The maximum absolute atomic E-state index is 6.04. The van der Waals surface area contributed by atoms with Crippen molar-refractivity contribution in [1.82, 2.24) is 20.0 Å². The Morgan fingerprint density at radius 1 is 1.38 bits per heavy atom. The van der Waals surface area contributed by atoms with Crippen molar-refractivity contribution in [2.75, 3.05) is 33.3 Å². The molecule has 2 aromatic rings. The van der Waals surface area contributed by atoms with Crippen LogP contribution >= 0.6 is 11.6 Å². The first-order valence-corrected chi connectivity index (χ1v) is 8.77. The molecule has 1 fully saturated rings. The van der Waals surface area contributed by atoms with Crippen LogP contribution in [0.2, 0.25) is 5.02 Å². The van der Waals surface area contributed by atoms with Gasteiger partial charge in [0.2, 0.25) is 0 Å². The normalized spacial score (nSPS) is 20.2. The highest BCUT2D eigenvalue weighted by Crippen LogP contribution is 2.23. The third kappa shape index (κ3) is 4.57. The lowest BCUT2D eigenvalue weighted by atomic mass is 10.00. The summed E-state index contributed by atoms with van der Waals surface area (Å²) in [4.78, 5) is 2.32. The van der Waals surface area contributed by atoms with Crippen molar-refractivity contribution in [2.24, 2.45) is 0 Å². The van der Waals surface area contributed by atoms with E-state index in [4.69, 9.17) is 16.3 Å². The number of likely N-dealkylation sites (N-methyl/N-ethyl adjacent to an activating group) is 1. The van der Waals surface area contributed by atoms with Crippen LogP contribution in [0, 0.1) is 6.92 Å². The maximum Gasteiger partial charge on any atom is 0.0896 e. The van der Waals surface area contributed by atoms with Gasteiger partial charge in [0.1, 0.15) is 0 Å². The second kappa shape index (κ2) is 8.12. The average molecular weight is 349 g/mol. The number of hydrogen-bond donors (Lipinski definition) is 1. The summed E-state index contributed by atoms with van der Waals surface area (Å²) >= 11 is 6.04. The van der Waals surface area contributed by atoms with Gasteiger partial charge in [0.25, 0.3) is 0 Å². The molecule has 0 amide bonds. The maximum atomic E-state index is 6.04. The number of aromatic nitrogens is 2. The van der Waals surface area contributed by atoms with E-state index < -0.39 is 0 Å². The fraction of sp³-hybridized carbons (Fsp3) is 0.500. The van der Waals surface area contributed by atoms with Gasteiger partial charge in [0.15, 0.2) is 0 Å². The molecule has 24 heavy (non-hydrogen) atoms. The molecule has 2 atom stereocenters. The number of ether oxygens (including phenoxy) is 1. The Labute approximate surface area is 148 Å². The average Bonchev–Trinajstić information content (AvgIpc) is 2.98. The van der Waals surface area contributed by atoms with E-state index in [9.17, 15) is 0 Å². The topological polar surface area (TPSA) is 42.3 Å². The van der Waals surface area contributed by atoms with Gasteiger partial charge in [-0.25, -0.2) is 0 Å². The van der Waals surface area contributed by atoms with Crippen molar-refractivity contribution >= 4 is 11.6 Å². The van der Waals surface area contributed by atoms with Crippen molar-refractivity contribution < 1.29 is 4.74 Å². The van der Waals surface area contributed by atoms with Crippen molar-refractivity contribution in [1.29, 1.82) is 0 Å². The molecule has 0 unspecified atom stereocenters. The van der Waals surface area contributed by atoms with Crippen LogP contribution < -0.4 is 5.32 Å². The van der Waals surface area contributed by atoms with Crippen LogP contribution in [0.1, 0.15) is 17.2 Å². The van der Waals surface area contributed by atoms with Gasteiger partial charge in [-0.1, -0.05) is 23.7 Å². The molecule has 1 aromatic heterocycles. The van der Waals surface area contributed by atoms with Crippen LogP contribution in [0.15, 0.2) is 36.7 Å². The lowest BCUT2D eigenvalue weighted by molar-refractivity contribution is -0.0394. The summed E-state index contributed by atoms with van der Waals surface area (Å²) in [6.45, 7) is 6.39. The van der Waals surface area contributed by atoms with Crippen LogP contribution in [0.4, 0.5) is 0 Å². The first kappa shape index (κ1) is 17.4. The molecule has 1 N–H and O–H groups in total. The van der Waals surface area contributed by atoms with E-state index >= 15 is 0 Å². The van der Waals surface area contributed by atoms with E-state index in [-0.39, 0.29) is 12.1 Å². The summed E-state index contributed by atoms with van der Waals surface area (Å²) in [7, 11) is 2.14. The quantitative estimate of drug-likeness (QED) is 0.871. The number of aryl methyl sites for hydroxylation is 1. The van der Waals surface area contributed by atoms with E-state index in [2.05, 4.69) is 47.6 Å².